The lowest BCUT2D eigenvalue weighted by atomic mass is 9.97. The van der Waals surface area contributed by atoms with E-state index in [0.29, 0.717) is 26.4 Å². The third kappa shape index (κ3) is 4.91. The topological polar surface area (TPSA) is 80.3 Å². The van der Waals surface area contributed by atoms with Crippen molar-refractivity contribution in [3.05, 3.63) is 101 Å². The van der Waals surface area contributed by atoms with Crippen molar-refractivity contribution in [1.82, 2.24) is 9.47 Å². The molecule has 200 valence electrons. The summed E-state index contributed by atoms with van der Waals surface area (Å²) in [4.78, 5) is 38.1. The van der Waals surface area contributed by atoms with Gasteiger partial charge in [-0.05, 0) is 31.5 Å². The van der Waals surface area contributed by atoms with Gasteiger partial charge in [0, 0.05) is 48.8 Å². The first-order chi connectivity index (χ1) is 19.0. The summed E-state index contributed by atoms with van der Waals surface area (Å²) in [5.74, 6) is 0.931. The fourth-order valence-corrected chi connectivity index (χ4v) is 6.71. The third-order valence-corrected chi connectivity index (χ3v) is 8.79. The van der Waals surface area contributed by atoms with Crippen LogP contribution in [-0.2, 0) is 9.53 Å². The highest BCUT2D eigenvalue weighted by molar-refractivity contribution is 7.10. The molecule has 1 fully saturated rings. The Morgan fingerprint density at radius 3 is 2.62 bits per heavy atom. The number of hydrogen-bond acceptors (Lipinski definition) is 9. The lowest BCUT2D eigenvalue weighted by Crippen LogP contribution is -2.44. The number of nitrogens with zero attached hydrogens (tertiary/aromatic N) is 4. The van der Waals surface area contributed by atoms with Crippen LogP contribution in [0.1, 0.15) is 29.2 Å². The Hall–Kier alpha value is -3.73. The van der Waals surface area contributed by atoms with E-state index in [1.54, 1.807) is 17.6 Å². The summed E-state index contributed by atoms with van der Waals surface area (Å²) in [6, 6.07) is 16.6. The molecule has 0 bridgehead atoms. The molecule has 0 radical (unpaired) electrons. The van der Waals surface area contributed by atoms with Gasteiger partial charge in [-0.1, -0.05) is 47.7 Å². The number of benzene rings is 1. The van der Waals surface area contributed by atoms with Crippen molar-refractivity contribution in [2.45, 2.75) is 13.0 Å². The molecule has 10 heteroatoms. The van der Waals surface area contributed by atoms with Gasteiger partial charge in [0.05, 0.1) is 22.4 Å². The van der Waals surface area contributed by atoms with E-state index >= 15 is 0 Å². The summed E-state index contributed by atoms with van der Waals surface area (Å²) in [5, 5.41) is 1.94. The van der Waals surface area contributed by atoms with Crippen LogP contribution in [-0.4, -0.2) is 55.3 Å². The van der Waals surface area contributed by atoms with Gasteiger partial charge in [0.15, 0.2) is 10.7 Å². The standard InChI is InChI=1S/C29H28N4O4S2/c1-3-36-28(35)24-25(19-8-5-4-6-9-19)30-29-33(26(24)21-10-7-17-38-21)27(34)22(39-29)18-20-11-12-23(37-20)32-15-13-31(2)14-16-32/h4-12,17-18,26H,3,13-16H2,1-2H3/b22-18+/t26-/m1/s1. The number of carbonyl (C=O) groups is 1. The second kappa shape index (κ2) is 10.8. The molecule has 0 saturated carbocycles. The van der Waals surface area contributed by atoms with Gasteiger partial charge in [0.25, 0.3) is 5.56 Å². The van der Waals surface area contributed by atoms with Gasteiger partial charge in [-0.2, -0.15) is 0 Å². The van der Waals surface area contributed by atoms with Crippen molar-refractivity contribution in [2.24, 2.45) is 4.99 Å². The maximum Gasteiger partial charge on any atom is 0.338 e. The van der Waals surface area contributed by atoms with Crippen LogP contribution < -0.4 is 19.8 Å². The summed E-state index contributed by atoms with van der Waals surface area (Å²) in [6.45, 7) is 5.74. The van der Waals surface area contributed by atoms with Crippen molar-refractivity contribution in [1.29, 1.82) is 0 Å². The van der Waals surface area contributed by atoms with E-state index in [9.17, 15) is 9.59 Å². The number of esters is 1. The molecule has 0 amide bonds. The summed E-state index contributed by atoms with van der Waals surface area (Å²) < 4.78 is 13.7. The number of aromatic nitrogens is 1. The number of furan rings is 1. The van der Waals surface area contributed by atoms with Crippen LogP contribution in [0, 0.1) is 0 Å². The molecule has 8 nitrogen and oxygen atoms in total. The van der Waals surface area contributed by atoms with Crippen LogP contribution in [0.25, 0.3) is 11.8 Å². The van der Waals surface area contributed by atoms with E-state index in [1.165, 1.54) is 22.7 Å². The van der Waals surface area contributed by atoms with Crippen molar-refractivity contribution in [2.75, 3.05) is 44.7 Å². The first kappa shape index (κ1) is 25.5. The first-order valence-electron chi connectivity index (χ1n) is 12.9. The second-order valence-corrected chi connectivity index (χ2v) is 11.4. The van der Waals surface area contributed by atoms with E-state index < -0.39 is 12.0 Å². The smallest absolute Gasteiger partial charge is 0.338 e. The number of piperazine rings is 1. The second-order valence-electron chi connectivity index (χ2n) is 9.41. The number of hydrogen-bond donors (Lipinski definition) is 0. The molecule has 0 spiro atoms. The summed E-state index contributed by atoms with van der Waals surface area (Å²) in [7, 11) is 2.12. The molecule has 0 aliphatic carbocycles. The molecule has 39 heavy (non-hydrogen) atoms. The number of thiophene rings is 1. The van der Waals surface area contributed by atoms with Gasteiger partial charge < -0.3 is 19.0 Å². The highest BCUT2D eigenvalue weighted by atomic mass is 32.1. The lowest BCUT2D eigenvalue weighted by molar-refractivity contribution is -0.138. The number of anilines is 1. The number of rotatable bonds is 6. The van der Waals surface area contributed by atoms with E-state index in [0.717, 1.165) is 42.5 Å². The van der Waals surface area contributed by atoms with Gasteiger partial charge >= 0.3 is 5.97 Å². The molecule has 1 atom stereocenters. The zero-order valence-electron chi connectivity index (χ0n) is 21.7. The minimum atomic E-state index is -0.643. The van der Waals surface area contributed by atoms with Crippen molar-refractivity contribution < 1.29 is 13.9 Å². The van der Waals surface area contributed by atoms with Gasteiger partial charge in [0.1, 0.15) is 11.8 Å². The minimum absolute atomic E-state index is 0.219. The monoisotopic (exact) mass is 560 g/mol. The van der Waals surface area contributed by atoms with Crippen LogP contribution in [0.2, 0.25) is 0 Å². The summed E-state index contributed by atoms with van der Waals surface area (Å²) >= 11 is 2.79. The largest absolute Gasteiger partial charge is 0.463 e. The Morgan fingerprint density at radius 1 is 1.10 bits per heavy atom. The molecular weight excluding hydrogens is 532 g/mol. The van der Waals surface area contributed by atoms with E-state index in [1.807, 2.05) is 60.0 Å². The van der Waals surface area contributed by atoms with E-state index in [-0.39, 0.29) is 12.2 Å². The molecule has 1 saturated heterocycles. The first-order valence-corrected chi connectivity index (χ1v) is 14.6. The van der Waals surface area contributed by atoms with E-state index in [2.05, 4.69) is 16.8 Å². The Bertz CT molecular complexity index is 1690. The fourth-order valence-electron chi connectivity index (χ4n) is 4.90. The highest BCUT2D eigenvalue weighted by Crippen LogP contribution is 2.36. The Labute approximate surface area is 233 Å². The third-order valence-electron chi connectivity index (χ3n) is 6.89. The van der Waals surface area contributed by atoms with Crippen LogP contribution in [0.15, 0.2) is 79.8 Å². The minimum Gasteiger partial charge on any atom is -0.463 e. The average Bonchev–Trinajstić information content (AvgIpc) is 3.71. The fraction of sp³-hybridized carbons (Fsp3) is 0.276. The van der Waals surface area contributed by atoms with Crippen molar-refractivity contribution >= 4 is 46.3 Å². The van der Waals surface area contributed by atoms with Crippen LogP contribution in [0.4, 0.5) is 5.88 Å². The summed E-state index contributed by atoms with van der Waals surface area (Å²) in [6.07, 6.45) is 1.77. The van der Waals surface area contributed by atoms with Gasteiger partial charge in [-0.25, -0.2) is 9.79 Å². The van der Waals surface area contributed by atoms with Gasteiger partial charge in [0.2, 0.25) is 0 Å². The number of carbonyl (C=O) groups excluding carboxylic acids is 1. The zero-order chi connectivity index (χ0) is 26.9. The van der Waals surface area contributed by atoms with Crippen LogP contribution in [0.3, 0.4) is 0 Å². The molecular formula is C29H28N4O4S2. The molecule has 2 aliphatic heterocycles. The SMILES string of the molecule is CCOC(=O)C1=C(c2ccccc2)N=c2s/c(=C/c3ccc(N4CCN(C)CC4)o3)c(=O)n2[C@@H]1c1cccs1. The Kier molecular flexibility index (Phi) is 7.07. The molecule has 1 aromatic carbocycles. The van der Waals surface area contributed by atoms with Crippen molar-refractivity contribution in [3.8, 4) is 0 Å². The Morgan fingerprint density at radius 2 is 1.90 bits per heavy atom. The molecule has 6 rings (SSSR count). The Balaban J connectivity index is 1.49. The number of likely N-dealkylation sites (N-methyl/N-ethyl adjacent to an activating group) is 1. The maximum absolute atomic E-state index is 13.9. The average molecular weight is 561 g/mol. The quantitative estimate of drug-likeness (QED) is 0.337. The number of fused-ring (bicyclic) bond motifs is 1. The van der Waals surface area contributed by atoms with Crippen molar-refractivity contribution in [3.63, 3.8) is 0 Å². The van der Waals surface area contributed by atoms with Gasteiger partial charge in [-0.3, -0.25) is 9.36 Å². The molecule has 5 heterocycles. The van der Waals surface area contributed by atoms with Crippen LogP contribution in [0.5, 0.6) is 0 Å². The maximum atomic E-state index is 13.9. The predicted molar refractivity (Wildman–Crippen MR) is 154 cm³/mol. The lowest BCUT2D eigenvalue weighted by Gasteiger charge is -2.32. The highest BCUT2D eigenvalue weighted by Gasteiger charge is 2.35. The molecule has 0 N–H and O–H groups in total. The van der Waals surface area contributed by atoms with Crippen LogP contribution >= 0.6 is 22.7 Å². The summed E-state index contributed by atoms with van der Waals surface area (Å²) in [5.41, 5.74) is 1.46. The number of thiazole rings is 1. The van der Waals surface area contributed by atoms with E-state index in [4.69, 9.17) is 14.1 Å². The zero-order valence-corrected chi connectivity index (χ0v) is 23.3. The molecule has 3 aromatic heterocycles. The van der Waals surface area contributed by atoms with Gasteiger partial charge in [-0.15, -0.1) is 11.3 Å². The molecule has 2 aliphatic rings. The molecule has 0 unspecified atom stereocenters. The number of ether oxygens (including phenoxy) is 1. The predicted octanol–water partition coefficient (Wildman–Crippen LogP) is 3.34. The molecule has 4 aromatic rings. The normalized spacial score (nSPS) is 18.3.